The first-order valence-electron chi connectivity index (χ1n) is 3.11. The third-order valence-corrected chi connectivity index (χ3v) is 1.60. The summed E-state index contributed by atoms with van der Waals surface area (Å²) in [7, 11) is 0. The van der Waals surface area contributed by atoms with Crippen molar-refractivity contribution in [2.24, 2.45) is 0 Å². The van der Waals surface area contributed by atoms with Crippen LogP contribution in [0.2, 0.25) is 0 Å². The number of carboxylic acid groups (broad SMARTS) is 1. The minimum Gasteiger partial charge on any atom is -1.00 e. The Labute approximate surface area is 105 Å². The minimum atomic E-state index is -0.691. The number of carbonyl (C=O) groups is 1. The predicted molar refractivity (Wildman–Crippen MR) is 34.4 cm³/mol. The molecule has 10 heavy (non-hydrogen) atoms. The summed E-state index contributed by atoms with van der Waals surface area (Å²) in [5.74, 6) is -0.691. The van der Waals surface area contributed by atoms with Crippen LogP contribution >= 0.6 is 0 Å². The minimum absolute atomic E-state index is 0. The Kier molecular flexibility index (Phi) is 4.63. The van der Waals surface area contributed by atoms with Crippen molar-refractivity contribution in [1.82, 2.24) is 4.90 Å². The maximum atomic E-state index is 10.2. The molecule has 0 aliphatic carbocycles. The van der Waals surface area contributed by atoms with Gasteiger partial charge in [0.25, 0.3) is 0 Å². The molecule has 1 fully saturated rings. The molecule has 2 unspecified atom stereocenters. The molecule has 1 saturated heterocycles. The first-order chi connectivity index (χ1) is 4.13. The number of rotatable bonds is 2. The van der Waals surface area contributed by atoms with E-state index in [1.165, 1.54) is 0 Å². The van der Waals surface area contributed by atoms with Crippen LogP contribution in [0.15, 0.2) is 0 Å². The molecule has 0 aromatic rings. The van der Waals surface area contributed by atoms with E-state index >= 15 is 0 Å². The molecule has 0 aromatic heterocycles. The van der Waals surface area contributed by atoms with Crippen molar-refractivity contribution in [3.63, 3.8) is 0 Å². The fraction of sp³-hybridized carbons (Fsp3) is 0.833. The molecule has 4 heteroatoms. The zero-order chi connectivity index (χ0) is 7.02. The Hall–Kier alpha value is 1.07. The number of carboxylic acids is 1. The first-order valence-corrected chi connectivity index (χ1v) is 3.11. The van der Waals surface area contributed by atoms with Gasteiger partial charge in [0, 0.05) is 12.6 Å². The summed E-state index contributed by atoms with van der Waals surface area (Å²) in [4.78, 5) is 12.2. The number of nitrogens with zero attached hydrogens (tertiary/aromatic N) is 1. The van der Waals surface area contributed by atoms with Gasteiger partial charge in [0.15, 0.2) is 0 Å². The van der Waals surface area contributed by atoms with Crippen molar-refractivity contribution in [2.75, 3.05) is 6.54 Å². The van der Waals surface area contributed by atoms with Crippen LogP contribution in [0.5, 0.6) is 0 Å². The van der Waals surface area contributed by atoms with E-state index in [4.69, 9.17) is 5.11 Å². The monoisotopic (exact) mass is 169 g/mol. The van der Waals surface area contributed by atoms with E-state index in [2.05, 4.69) is 0 Å². The number of hydrogen-bond donors (Lipinski definition) is 1. The van der Waals surface area contributed by atoms with Crippen molar-refractivity contribution in [3.05, 3.63) is 0 Å². The topological polar surface area (TPSA) is 40.3 Å². The smallest absolute Gasteiger partial charge is 1.00 e. The molecule has 0 saturated carbocycles. The number of hydrogen-bond acceptors (Lipinski definition) is 2. The van der Waals surface area contributed by atoms with Crippen molar-refractivity contribution >= 4 is 5.97 Å². The molecule has 1 heterocycles. The van der Waals surface area contributed by atoms with Crippen molar-refractivity contribution in [2.45, 2.75) is 25.9 Å². The quantitative estimate of drug-likeness (QED) is 0.361. The maximum absolute atomic E-state index is 10.2. The van der Waals surface area contributed by atoms with Crippen molar-refractivity contribution in [1.29, 1.82) is 0 Å². The molecule has 0 radical (unpaired) electrons. The van der Waals surface area contributed by atoms with E-state index in [-0.39, 0.29) is 58.9 Å². The molecule has 0 bridgehead atoms. The van der Waals surface area contributed by atoms with Crippen LogP contribution in [0.4, 0.5) is 0 Å². The van der Waals surface area contributed by atoms with Gasteiger partial charge in [0.1, 0.15) is 6.04 Å². The summed E-state index contributed by atoms with van der Waals surface area (Å²) >= 11 is 0. The molecule has 0 amide bonds. The van der Waals surface area contributed by atoms with Gasteiger partial charge in [-0.2, -0.15) is 0 Å². The Morgan fingerprint density at radius 2 is 2.30 bits per heavy atom. The summed E-state index contributed by atoms with van der Waals surface area (Å²) in [5.41, 5.74) is 0. The molecule has 0 spiro atoms. The summed E-state index contributed by atoms with van der Waals surface area (Å²) in [5, 5.41) is 8.43. The largest absolute Gasteiger partial charge is 1.00 e. The first kappa shape index (κ1) is 11.1. The Balaban J connectivity index is 0. The molecule has 1 N–H and O–H groups in total. The van der Waals surface area contributed by atoms with Gasteiger partial charge in [0.05, 0.1) is 0 Å². The zero-order valence-electron chi connectivity index (χ0n) is 7.66. The normalized spacial score (nSPS) is 29.5. The van der Waals surface area contributed by atoms with Crippen molar-refractivity contribution in [3.8, 4) is 0 Å². The second kappa shape index (κ2) is 4.18. The molecule has 54 valence electrons. The summed E-state index contributed by atoms with van der Waals surface area (Å²) < 4.78 is 0. The molecular formula is C6H12KNO2. The van der Waals surface area contributed by atoms with Crippen LogP contribution in [-0.2, 0) is 4.79 Å². The van der Waals surface area contributed by atoms with Gasteiger partial charge < -0.3 is 6.53 Å². The summed E-state index contributed by atoms with van der Waals surface area (Å²) in [6, 6.07) is 0.191. The van der Waals surface area contributed by atoms with Gasteiger partial charge in [-0.25, -0.2) is 0 Å². The van der Waals surface area contributed by atoms with Crippen LogP contribution in [0, 0.1) is 0 Å². The zero-order valence-corrected chi connectivity index (χ0v) is 9.79. The number of aliphatic carboxylic acids is 1. The van der Waals surface area contributed by atoms with E-state index in [0.29, 0.717) is 6.04 Å². The summed E-state index contributed by atoms with van der Waals surface area (Å²) in [6.45, 7) is 4.74. The Morgan fingerprint density at radius 1 is 1.80 bits per heavy atom. The Morgan fingerprint density at radius 3 is 2.40 bits per heavy atom. The third-order valence-electron chi connectivity index (χ3n) is 1.60. The maximum Gasteiger partial charge on any atom is 1.00 e. The van der Waals surface area contributed by atoms with E-state index in [1.54, 1.807) is 0 Å². The average molecular weight is 169 g/mol. The molecule has 1 aliphatic heterocycles. The van der Waals surface area contributed by atoms with Gasteiger partial charge >= 0.3 is 57.4 Å². The standard InChI is InChI=1S/C6H11NO2.K.H/c1-4(2)7-3-5(7)6(8)9;;/h4-5H,3H2,1-2H3,(H,8,9);;/q;+1;-1. The summed E-state index contributed by atoms with van der Waals surface area (Å²) in [6.07, 6.45) is 0. The van der Waals surface area contributed by atoms with Gasteiger partial charge in [0.2, 0.25) is 0 Å². The molecule has 3 nitrogen and oxygen atoms in total. The van der Waals surface area contributed by atoms with Gasteiger partial charge in [-0.15, -0.1) is 0 Å². The SMILES string of the molecule is CC(C)N1CC1C(=O)O.[H-].[K+]. The van der Waals surface area contributed by atoms with Gasteiger partial charge in [-0.3, -0.25) is 9.69 Å². The van der Waals surface area contributed by atoms with Crippen molar-refractivity contribution < 1.29 is 62.7 Å². The Bertz CT molecular complexity index is 143. The molecule has 0 aromatic carbocycles. The van der Waals surface area contributed by atoms with Gasteiger partial charge in [-0.1, -0.05) is 0 Å². The van der Waals surface area contributed by atoms with Crippen LogP contribution in [0.25, 0.3) is 0 Å². The molecule has 2 atom stereocenters. The van der Waals surface area contributed by atoms with Crippen LogP contribution in [0.1, 0.15) is 15.3 Å². The molecular weight excluding hydrogens is 157 g/mol. The predicted octanol–water partition coefficient (Wildman–Crippen LogP) is -2.72. The second-order valence-corrected chi connectivity index (χ2v) is 2.64. The average Bonchev–Trinajstić information content (AvgIpc) is 2.39. The van der Waals surface area contributed by atoms with E-state index < -0.39 is 5.97 Å². The fourth-order valence-electron chi connectivity index (χ4n) is 0.943. The molecule has 1 rings (SSSR count). The third kappa shape index (κ3) is 2.60. The van der Waals surface area contributed by atoms with Crippen LogP contribution < -0.4 is 51.4 Å². The van der Waals surface area contributed by atoms with E-state index in [9.17, 15) is 4.79 Å². The molecule has 1 aliphatic rings. The van der Waals surface area contributed by atoms with Crippen LogP contribution in [-0.4, -0.2) is 34.6 Å². The second-order valence-electron chi connectivity index (χ2n) is 2.64. The van der Waals surface area contributed by atoms with E-state index in [0.717, 1.165) is 6.54 Å². The van der Waals surface area contributed by atoms with E-state index in [1.807, 2.05) is 18.7 Å². The fourth-order valence-corrected chi connectivity index (χ4v) is 0.943. The van der Waals surface area contributed by atoms with Crippen LogP contribution in [0.3, 0.4) is 0 Å². The van der Waals surface area contributed by atoms with Gasteiger partial charge in [-0.05, 0) is 13.8 Å².